The lowest BCUT2D eigenvalue weighted by Crippen LogP contribution is -2.70. The van der Waals surface area contributed by atoms with Crippen LogP contribution in [0.2, 0.25) is 0 Å². The Labute approximate surface area is 348 Å². The molecule has 320 valence electrons. The zero-order valence-corrected chi connectivity index (χ0v) is 35.5. The van der Waals surface area contributed by atoms with Gasteiger partial charge in [-0.25, -0.2) is 0 Å². The molecule has 1 fully saturated rings. The molecule has 0 saturated heterocycles. The van der Waals surface area contributed by atoms with Crippen molar-refractivity contribution in [2.75, 3.05) is 26.4 Å². The van der Waals surface area contributed by atoms with E-state index >= 15 is 0 Å². The lowest BCUT2D eigenvalue weighted by atomic mass is 9.55. The van der Waals surface area contributed by atoms with Crippen LogP contribution in [0.1, 0.15) is 146 Å². The average molecular weight is 801 g/mol. The Morgan fingerprint density at radius 2 is 1.62 bits per heavy atom. The maximum atomic E-state index is 14.6. The summed E-state index contributed by atoms with van der Waals surface area (Å²) in [6.07, 6.45) is 21.2. The van der Waals surface area contributed by atoms with Crippen molar-refractivity contribution in [3.8, 4) is 11.5 Å². The van der Waals surface area contributed by atoms with E-state index in [1.807, 2.05) is 47.4 Å². The molecule has 9 nitrogen and oxygen atoms in total. The van der Waals surface area contributed by atoms with Gasteiger partial charge >= 0.3 is 0 Å². The number of aliphatic hydroxyl groups excluding tert-OH is 2. The molecule has 6 atom stereocenters. The van der Waals surface area contributed by atoms with Crippen molar-refractivity contribution in [2.24, 2.45) is 22.9 Å². The summed E-state index contributed by atoms with van der Waals surface area (Å²) < 4.78 is 14.3. The van der Waals surface area contributed by atoms with Gasteiger partial charge in [-0.3, -0.25) is 4.79 Å². The quantitative estimate of drug-likeness (QED) is 0.0467. The zero-order valence-electron chi connectivity index (χ0n) is 35.5. The van der Waals surface area contributed by atoms with E-state index in [0.717, 1.165) is 73.8 Å². The molecular formula is C49H72N2O7. The summed E-state index contributed by atoms with van der Waals surface area (Å²) in [6.45, 7) is 9.73. The highest BCUT2D eigenvalue weighted by Gasteiger charge is 2.65. The molecular weight excluding hydrogens is 729 g/mol. The maximum Gasteiger partial charge on any atom is 0.239 e. The fourth-order valence-corrected chi connectivity index (χ4v) is 9.84. The number of phenolic OH excluding ortho intramolecular Hbond substituents is 1. The molecule has 1 heterocycles. The SMILES string of the molecule is C=CCOC12Oc3ccc(O)cc3C3C(CCCCO)C(CCCCO)C=C(C(=NOCc4ccccc4)CC1N(CCC)C(=O)CCCCCCCCCCC)C32. The second kappa shape index (κ2) is 23.8. The van der Waals surface area contributed by atoms with Gasteiger partial charge in [0.2, 0.25) is 11.7 Å². The number of ether oxygens (including phenoxy) is 2. The van der Waals surface area contributed by atoms with Gasteiger partial charge in [0.1, 0.15) is 24.1 Å². The highest BCUT2D eigenvalue weighted by atomic mass is 16.7. The first kappa shape index (κ1) is 45.4. The van der Waals surface area contributed by atoms with Gasteiger partial charge in [0.05, 0.1) is 18.2 Å². The molecule has 6 unspecified atom stereocenters. The van der Waals surface area contributed by atoms with Gasteiger partial charge in [0, 0.05) is 44.1 Å². The van der Waals surface area contributed by atoms with Crippen LogP contribution in [0.15, 0.2) is 78.0 Å². The van der Waals surface area contributed by atoms with Gasteiger partial charge in [0.25, 0.3) is 0 Å². The first-order valence-electron chi connectivity index (χ1n) is 22.6. The number of fused-ring (bicyclic) bond motifs is 2. The number of carbonyl (C=O) groups is 1. The Hall–Kier alpha value is -3.66. The predicted octanol–water partition coefficient (Wildman–Crippen LogP) is 10.4. The standard InChI is InChI=1S/C49H72N2O7/c1-4-7-8-9-10-11-12-13-17-26-46(55)51(29-5-2)45-35-43(50-57-36-37-22-15-14-16-23-37)41-33-38(24-18-20-30-52)40(25-19-21-31-53)47-42-34-39(54)27-28-44(42)58-49(45,48(41)47)56-32-6-3/h6,14-16,22-23,27-28,33-34,38,40,45,47-48,52-54H,3-5,7-13,17-21,24-26,29-32,35-36H2,1-2H3. The number of hydrogen-bond acceptors (Lipinski definition) is 8. The number of oxime groups is 1. The molecule has 2 aliphatic carbocycles. The van der Waals surface area contributed by atoms with Crippen LogP contribution in [0, 0.1) is 17.8 Å². The molecule has 5 rings (SSSR count). The monoisotopic (exact) mass is 801 g/mol. The summed E-state index contributed by atoms with van der Waals surface area (Å²) in [7, 11) is 0. The van der Waals surface area contributed by atoms with Crippen LogP contribution in [-0.2, 0) is 21.0 Å². The molecule has 0 aromatic heterocycles. The van der Waals surface area contributed by atoms with Crippen LogP contribution < -0.4 is 4.74 Å². The molecule has 0 radical (unpaired) electrons. The number of amides is 1. The van der Waals surface area contributed by atoms with E-state index in [1.165, 1.54) is 38.5 Å². The Balaban J connectivity index is 1.59. The summed E-state index contributed by atoms with van der Waals surface area (Å²) in [4.78, 5) is 22.9. The molecule has 1 aliphatic heterocycles. The van der Waals surface area contributed by atoms with Crippen molar-refractivity contribution < 1.29 is 34.4 Å². The topological polar surface area (TPSA) is 121 Å². The number of phenols is 1. The van der Waals surface area contributed by atoms with Crippen molar-refractivity contribution in [1.29, 1.82) is 0 Å². The fraction of sp³-hybridized carbons (Fsp3) is 0.633. The highest BCUT2D eigenvalue weighted by molar-refractivity contribution is 6.03. The van der Waals surface area contributed by atoms with Crippen molar-refractivity contribution >= 4 is 11.6 Å². The molecule has 9 heteroatoms. The van der Waals surface area contributed by atoms with Crippen molar-refractivity contribution in [2.45, 2.75) is 154 Å². The molecule has 2 aromatic rings. The number of benzene rings is 2. The van der Waals surface area contributed by atoms with Gasteiger partial charge in [0.15, 0.2) is 0 Å². The minimum absolute atomic E-state index is 0.0993. The molecule has 1 amide bonds. The smallest absolute Gasteiger partial charge is 0.239 e. The average Bonchev–Trinajstić information content (AvgIpc) is 3.23. The number of aromatic hydroxyl groups is 1. The van der Waals surface area contributed by atoms with Crippen LogP contribution in [0.3, 0.4) is 0 Å². The molecule has 3 N–H and O–H groups in total. The Morgan fingerprint density at radius 1 is 0.914 bits per heavy atom. The lowest BCUT2D eigenvalue weighted by Gasteiger charge is -2.60. The third kappa shape index (κ3) is 11.5. The van der Waals surface area contributed by atoms with Gasteiger partial charge < -0.3 is 34.5 Å². The Kier molecular flexibility index (Phi) is 18.6. The molecule has 0 bridgehead atoms. The van der Waals surface area contributed by atoms with Crippen molar-refractivity contribution in [3.63, 3.8) is 0 Å². The van der Waals surface area contributed by atoms with E-state index in [1.54, 1.807) is 12.1 Å². The predicted molar refractivity (Wildman–Crippen MR) is 232 cm³/mol. The van der Waals surface area contributed by atoms with E-state index in [4.69, 9.17) is 19.5 Å². The van der Waals surface area contributed by atoms with Crippen LogP contribution in [0.4, 0.5) is 0 Å². The summed E-state index contributed by atoms with van der Waals surface area (Å²) in [5, 5.41) is 35.6. The number of carbonyl (C=O) groups excluding carboxylic acids is 1. The van der Waals surface area contributed by atoms with Crippen molar-refractivity contribution in [3.05, 3.63) is 84.0 Å². The number of allylic oxidation sites excluding steroid dienone is 1. The lowest BCUT2D eigenvalue weighted by molar-refractivity contribution is -0.257. The van der Waals surface area contributed by atoms with Crippen LogP contribution >= 0.6 is 0 Å². The highest BCUT2D eigenvalue weighted by Crippen LogP contribution is 2.62. The number of hydrogen-bond donors (Lipinski definition) is 3. The number of rotatable bonds is 27. The summed E-state index contributed by atoms with van der Waals surface area (Å²) in [6, 6.07) is 14.8. The molecule has 2 aromatic carbocycles. The van der Waals surface area contributed by atoms with Gasteiger partial charge in [-0.05, 0) is 79.7 Å². The molecule has 1 saturated carbocycles. The Bertz CT molecular complexity index is 1610. The van der Waals surface area contributed by atoms with E-state index in [0.29, 0.717) is 44.6 Å². The normalized spacial score (nSPS) is 24.0. The van der Waals surface area contributed by atoms with Crippen LogP contribution in [0.25, 0.3) is 0 Å². The van der Waals surface area contributed by atoms with Crippen LogP contribution in [0.5, 0.6) is 11.5 Å². The number of aliphatic hydroxyl groups is 2. The minimum atomic E-state index is -1.28. The number of unbranched alkanes of at least 4 members (excludes halogenated alkanes) is 10. The minimum Gasteiger partial charge on any atom is -0.508 e. The van der Waals surface area contributed by atoms with E-state index < -0.39 is 11.8 Å². The van der Waals surface area contributed by atoms with E-state index in [-0.39, 0.29) is 55.1 Å². The van der Waals surface area contributed by atoms with Crippen LogP contribution in [-0.4, -0.2) is 70.0 Å². The van der Waals surface area contributed by atoms with Gasteiger partial charge in [-0.15, -0.1) is 6.58 Å². The first-order chi connectivity index (χ1) is 28.4. The van der Waals surface area contributed by atoms with Crippen molar-refractivity contribution in [1.82, 2.24) is 4.90 Å². The second-order valence-electron chi connectivity index (χ2n) is 16.7. The Morgan fingerprint density at radius 3 is 2.31 bits per heavy atom. The summed E-state index contributed by atoms with van der Waals surface area (Å²) >= 11 is 0. The maximum absolute atomic E-state index is 14.6. The number of nitrogens with zero attached hydrogens (tertiary/aromatic N) is 2. The molecule has 58 heavy (non-hydrogen) atoms. The van der Waals surface area contributed by atoms with Gasteiger partial charge in [-0.1, -0.05) is 126 Å². The third-order valence-corrected chi connectivity index (χ3v) is 12.6. The summed E-state index contributed by atoms with van der Waals surface area (Å²) in [5.74, 6) is -0.659. The third-order valence-electron chi connectivity index (χ3n) is 12.6. The van der Waals surface area contributed by atoms with E-state index in [2.05, 4.69) is 26.5 Å². The first-order valence-corrected chi connectivity index (χ1v) is 22.6. The zero-order chi connectivity index (χ0) is 41.2. The summed E-state index contributed by atoms with van der Waals surface area (Å²) in [5.41, 5.74) is 3.72. The largest absolute Gasteiger partial charge is 0.508 e. The molecule has 3 aliphatic rings. The fourth-order valence-electron chi connectivity index (χ4n) is 9.84. The second-order valence-corrected chi connectivity index (χ2v) is 16.7. The van der Waals surface area contributed by atoms with E-state index in [9.17, 15) is 20.1 Å². The van der Waals surface area contributed by atoms with Gasteiger partial charge in [-0.2, -0.15) is 0 Å². The molecule has 0 spiro atoms.